The van der Waals surface area contributed by atoms with E-state index in [2.05, 4.69) is 15.6 Å². The first-order valence-corrected chi connectivity index (χ1v) is 8.82. The van der Waals surface area contributed by atoms with Crippen LogP contribution in [0.3, 0.4) is 0 Å². The lowest BCUT2D eigenvalue weighted by atomic mass is 10.1. The maximum Gasteiger partial charge on any atom is 0.247 e. The number of anilines is 1. The molecule has 0 aliphatic heterocycles. The summed E-state index contributed by atoms with van der Waals surface area (Å²) in [7, 11) is 0. The summed E-state index contributed by atoms with van der Waals surface area (Å²) in [6.07, 6.45) is 3.42. The van der Waals surface area contributed by atoms with Gasteiger partial charge in [0.1, 0.15) is 6.04 Å². The van der Waals surface area contributed by atoms with Crippen LogP contribution >= 0.6 is 23.2 Å². The van der Waals surface area contributed by atoms with Crippen molar-refractivity contribution in [1.82, 2.24) is 10.3 Å². The Morgan fingerprint density at radius 3 is 2.50 bits per heavy atom. The first kappa shape index (κ1) is 18.2. The average Bonchev–Trinajstić information content (AvgIpc) is 2.68. The minimum Gasteiger partial charge on any atom is -0.370 e. The van der Waals surface area contributed by atoms with Gasteiger partial charge in [-0.05, 0) is 35.4 Å². The maximum absolute atomic E-state index is 12.8. The van der Waals surface area contributed by atoms with Crippen molar-refractivity contribution in [3.05, 3.63) is 94.2 Å². The van der Waals surface area contributed by atoms with Crippen LogP contribution in [0.4, 0.5) is 5.69 Å². The monoisotopic (exact) mass is 385 g/mol. The van der Waals surface area contributed by atoms with Crippen LogP contribution in [0, 0.1) is 0 Å². The van der Waals surface area contributed by atoms with Gasteiger partial charge in [-0.25, -0.2) is 0 Å². The topological polar surface area (TPSA) is 54.0 Å². The molecule has 0 aliphatic carbocycles. The third kappa shape index (κ3) is 4.75. The minimum absolute atomic E-state index is 0.147. The van der Waals surface area contributed by atoms with Crippen molar-refractivity contribution in [1.29, 1.82) is 0 Å². The molecule has 0 radical (unpaired) electrons. The Kier molecular flexibility index (Phi) is 6.10. The standard InChI is InChI=1S/C20H17Cl2N3O/c21-17-9-8-16(11-18(17)22)25-19(15-6-2-1-3-7-15)20(26)24-13-14-5-4-10-23-12-14/h1-12,19,25H,13H2,(H,24,26). The predicted molar refractivity (Wildman–Crippen MR) is 105 cm³/mol. The lowest BCUT2D eigenvalue weighted by Crippen LogP contribution is -2.33. The molecule has 0 bridgehead atoms. The molecule has 1 amide bonds. The van der Waals surface area contributed by atoms with Crippen molar-refractivity contribution in [3.63, 3.8) is 0 Å². The van der Waals surface area contributed by atoms with Gasteiger partial charge in [0.05, 0.1) is 10.0 Å². The lowest BCUT2D eigenvalue weighted by molar-refractivity contribution is -0.122. The molecule has 4 nitrogen and oxygen atoms in total. The smallest absolute Gasteiger partial charge is 0.247 e. The Morgan fingerprint density at radius 1 is 1.00 bits per heavy atom. The third-order valence-corrected chi connectivity index (χ3v) is 4.55. The summed E-state index contributed by atoms with van der Waals surface area (Å²) in [6, 6.07) is 17.9. The molecule has 1 atom stereocenters. The molecule has 132 valence electrons. The number of carbonyl (C=O) groups excluding carboxylic acids is 1. The van der Waals surface area contributed by atoms with Gasteiger partial charge in [-0.2, -0.15) is 0 Å². The number of nitrogens with zero attached hydrogens (tertiary/aromatic N) is 1. The average molecular weight is 386 g/mol. The Morgan fingerprint density at radius 2 is 1.81 bits per heavy atom. The number of hydrogen-bond acceptors (Lipinski definition) is 3. The van der Waals surface area contributed by atoms with Crippen molar-refractivity contribution in [3.8, 4) is 0 Å². The second kappa shape index (κ2) is 8.70. The second-order valence-electron chi connectivity index (χ2n) is 5.70. The predicted octanol–water partition coefficient (Wildman–Crippen LogP) is 4.86. The number of aromatic nitrogens is 1. The van der Waals surface area contributed by atoms with E-state index in [0.29, 0.717) is 22.3 Å². The Hall–Kier alpha value is -2.56. The van der Waals surface area contributed by atoms with Gasteiger partial charge in [-0.3, -0.25) is 9.78 Å². The van der Waals surface area contributed by atoms with Crippen molar-refractivity contribution in [2.75, 3.05) is 5.32 Å². The van der Waals surface area contributed by atoms with E-state index in [4.69, 9.17) is 23.2 Å². The Balaban J connectivity index is 1.78. The van der Waals surface area contributed by atoms with E-state index in [0.717, 1.165) is 11.1 Å². The fourth-order valence-electron chi connectivity index (χ4n) is 2.49. The first-order chi connectivity index (χ1) is 12.6. The van der Waals surface area contributed by atoms with Crippen molar-refractivity contribution >= 4 is 34.8 Å². The normalized spacial score (nSPS) is 11.6. The van der Waals surface area contributed by atoms with E-state index in [1.165, 1.54) is 0 Å². The molecular formula is C20H17Cl2N3O. The molecule has 6 heteroatoms. The summed E-state index contributed by atoms with van der Waals surface area (Å²) in [4.78, 5) is 16.9. The van der Waals surface area contributed by atoms with E-state index >= 15 is 0 Å². The zero-order chi connectivity index (χ0) is 18.4. The number of amides is 1. The lowest BCUT2D eigenvalue weighted by Gasteiger charge is -2.20. The van der Waals surface area contributed by atoms with Gasteiger partial charge in [-0.15, -0.1) is 0 Å². The highest BCUT2D eigenvalue weighted by Gasteiger charge is 2.20. The van der Waals surface area contributed by atoms with Crippen LogP contribution in [0.1, 0.15) is 17.2 Å². The van der Waals surface area contributed by atoms with Crippen molar-refractivity contribution in [2.24, 2.45) is 0 Å². The molecule has 0 spiro atoms. The van der Waals surface area contributed by atoms with Gasteiger partial charge >= 0.3 is 0 Å². The molecular weight excluding hydrogens is 369 g/mol. The highest BCUT2D eigenvalue weighted by Crippen LogP contribution is 2.27. The zero-order valence-corrected chi connectivity index (χ0v) is 15.3. The molecule has 2 aromatic carbocycles. The van der Waals surface area contributed by atoms with E-state index in [1.54, 1.807) is 30.6 Å². The van der Waals surface area contributed by atoms with Gasteiger partial charge in [-0.1, -0.05) is 59.6 Å². The fraction of sp³-hybridized carbons (Fsp3) is 0.100. The number of benzene rings is 2. The molecule has 0 aliphatic rings. The summed E-state index contributed by atoms with van der Waals surface area (Å²) in [5.74, 6) is -0.147. The van der Waals surface area contributed by atoms with Gasteiger partial charge in [0.15, 0.2) is 0 Å². The van der Waals surface area contributed by atoms with Crippen LogP contribution in [-0.2, 0) is 11.3 Å². The largest absolute Gasteiger partial charge is 0.370 e. The van der Waals surface area contributed by atoms with E-state index < -0.39 is 6.04 Å². The molecule has 0 fully saturated rings. The highest BCUT2D eigenvalue weighted by molar-refractivity contribution is 6.42. The molecule has 0 saturated carbocycles. The summed E-state index contributed by atoms with van der Waals surface area (Å²) < 4.78 is 0. The molecule has 26 heavy (non-hydrogen) atoms. The number of hydrogen-bond donors (Lipinski definition) is 2. The fourth-order valence-corrected chi connectivity index (χ4v) is 2.79. The first-order valence-electron chi connectivity index (χ1n) is 8.06. The minimum atomic E-state index is -0.565. The van der Waals surface area contributed by atoms with Gasteiger partial charge in [0, 0.05) is 24.6 Å². The van der Waals surface area contributed by atoms with E-state index in [1.807, 2.05) is 42.5 Å². The zero-order valence-electron chi connectivity index (χ0n) is 13.8. The Bertz CT molecular complexity index is 873. The number of rotatable bonds is 6. The second-order valence-corrected chi connectivity index (χ2v) is 6.51. The Labute approximate surface area is 162 Å². The van der Waals surface area contributed by atoms with Crippen LogP contribution in [0.5, 0.6) is 0 Å². The molecule has 0 saturated heterocycles. The van der Waals surface area contributed by atoms with Crippen LogP contribution in [0.2, 0.25) is 10.0 Å². The number of halogens is 2. The van der Waals surface area contributed by atoms with Crippen LogP contribution in [0.25, 0.3) is 0 Å². The summed E-state index contributed by atoms with van der Waals surface area (Å²) in [6.45, 7) is 0.402. The number of nitrogens with one attached hydrogen (secondary N) is 2. The molecule has 3 rings (SSSR count). The van der Waals surface area contributed by atoms with Crippen LogP contribution in [0.15, 0.2) is 73.1 Å². The number of carbonyl (C=O) groups is 1. The summed E-state index contributed by atoms with van der Waals surface area (Å²) >= 11 is 12.1. The van der Waals surface area contributed by atoms with E-state index in [9.17, 15) is 4.79 Å². The van der Waals surface area contributed by atoms with Gasteiger partial charge < -0.3 is 10.6 Å². The van der Waals surface area contributed by atoms with Crippen LogP contribution in [-0.4, -0.2) is 10.9 Å². The SMILES string of the molecule is O=C(NCc1cccnc1)C(Nc1ccc(Cl)c(Cl)c1)c1ccccc1. The van der Waals surface area contributed by atoms with Crippen molar-refractivity contribution < 1.29 is 4.79 Å². The summed E-state index contributed by atoms with van der Waals surface area (Å²) in [5, 5.41) is 7.07. The van der Waals surface area contributed by atoms with E-state index in [-0.39, 0.29) is 5.91 Å². The van der Waals surface area contributed by atoms with Crippen LogP contribution < -0.4 is 10.6 Å². The molecule has 1 heterocycles. The summed E-state index contributed by atoms with van der Waals surface area (Å²) in [5.41, 5.74) is 2.49. The molecule has 1 aromatic heterocycles. The van der Waals surface area contributed by atoms with Crippen molar-refractivity contribution in [2.45, 2.75) is 12.6 Å². The molecule has 3 aromatic rings. The van der Waals surface area contributed by atoms with Gasteiger partial charge in [0.25, 0.3) is 0 Å². The number of pyridine rings is 1. The van der Waals surface area contributed by atoms with Gasteiger partial charge in [0.2, 0.25) is 5.91 Å². The third-order valence-electron chi connectivity index (χ3n) is 3.82. The maximum atomic E-state index is 12.8. The quantitative estimate of drug-likeness (QED) is 0.636. The highest BCUT2D eigenvalue weighted by atomic mass is 35.5. The molecule has 1 unspecified atom stereocenters. The molecule has 2 N–H and O–H groups in total.